The highest BCUT2D eigenvalue weighted by Gasteiger charge is 2.31. The molecule has 0 aliphatic heterocycles. The highest BCUT2D eigenvalue weighted by atomic mass is 19.4. The first kappa shape index (κ1) is 26.0. The van der Waals surface area contributed by atoms with Gasteiger partial charge in [0.15, 0.2) is 0 Å². The summed E-state index contributed by atoms with van der Waals surface area (Å²) in [5.41, 5.74) is 10.9. The lowest BCUT2D eigenvalue weighted by Gasteiger charge is -2.24. The molecule has 1 aromatic heterocycles. The van der Waals surface area contributed by atoms with E-state index in [0.717, 1.165) is 0 Å². The zero-order chi connectivity index (χ0) is 28.2. The summed E-state index contributed by atoms with van der Waals surface area (Å²) < 4.78 is 39.4. The van der Waals surface area contributed by atoms with Crippen molar-refractivity contribution in [3.63, 3.8) is 0 Å². The van der Waals surface area contributed by atoms with Gasteiger partial charge >= 0.3 is 6.36 Å². The van der Waals surface area contributed by atoms with Crippen molar-refractivity contribution < 1.29 is 17.9 Å². The minimum atomic E-state index is -4.67. The van der Waals surface area contributed by atoms with Gasteiger partial charge in [-0.15, -0.1) is 13.2 Å². The minimum Gasteiger partial charge on any atom is -0.406 e. The van der Waals surface area contributed by atoms with Gasteiger partial charge in [0.05, 0.1) is 11.7 Å². The lowest BCUT2D eigenvalue weighted by molar-refractivity contribution is -0.274. The molecule has 7 rings (SSSR count). The van der Waals surface area contributed by atoms with Crippen molar-refractivity contribution in [1.82, 2.24) is 10.2 Å². The Hall–Kier alpha value is -5.23. The van der Waals surface area contributed by atoms with E-state index in [4.69, 9.17) is 0 Å². The highest BCUT2D eigenvalue weighted by Crippen LogP contribution is 2.46. The molecule has 200 valence electrons. The maximum atomic E-state index is 11.9. The van der Waals surface area contributed by atoms with Gasteiger partial charge in [0.1, 0.15) is 5.75 Å². The second kappa shape index (κ2) is 11.1. The van der Waals surface area contributed by atoms with Crippen molar-refractivity contribution in [1.29, 1.82) is 0 Å². The minimum absolute atomic E-state index is 0.261. The number of rotatable bonds is 5. The van der Waals surface area contributed by atoms with Crippen molar-refractivity contribution in [3.05, 3.63) is 150 Å². The molecule has 0 radical (unpaired) electrons. The average Bonchev–Trinajstić information content (AvgIpc) is 2.98. The van der Waals surface area contributed by atoms with Crippen LogP contribution in [0.4, 0.5) is 13.2 Å². The monoisotopic (exact) mass is 544 g/mol. The van der Waals surface area contributed by atoms with E-state index in [-0.39, 0.29) is 5.75 Å². The number of hydrogen-bond donors (Lipinski definition) is 0. The predicted molar refractivity (Wildman–Crippen MR) is 157 cm³/mol. The van der Waals surface area contributed by atoms with Gasteiger partial charge in [0.2, 0.25) is 0 Å². The first-order valence-electron chi connectivity index (χ1n) is 13.0. The fourth-order valence-electron chi connectivity index (χ4n) is 4.78. The lowest BCUT2D eigenvalue weighted by atomic mass is 9.80. The molecule has 2 aliphatic carbocycles. The number of halogens is 3. The molecule has 4 aromatic carbocycles. The molecular weight excluding hydrogens is 521 g/mol. The molecule has 0 N–H and O–H groups in total. The van der Waals surface area contributed by atoms with Crippen LogP contribution in [0.5, 0.6) is 5.75 Å². The smallest absolute Gasteiger partial charge is 0.406 e. The van der Waals surface area contributed by atoms with Crippen molar-refractivity contribution in [3.8, 4) is 28.0 Å². The Balaban J connectivity index is 0.000000172. The third kappa shape index (κ3) is 5.87. The fraction of sp³-hybridized carbons (Fsp3) is 0.0286. The summed E-state index contributed by atoms with van der Waals surface area (Å²) in [7, 11) is 0. The number of nitrogens with zero attached hydrogens (tertiary/aromatic N) is 2. The van der Waals surface area contributed by atoms with E-state index in [1.165, 1.54) is 68.9 Å². The maximum Gasteiger partial charge on any atom is 0.573 e. The van der Waals surface area contributed by atoms with E-state index in [1.807, 2.05) is 0 Å². The van der Waals surface area contributed by atoms with Crippen LogP contribution in [0.1, 0.15) is 16.7 Å². The largest absolute Gasteiger partial charge is 0.573 e. The SMILES string of the molecule is C(=C(c1ccccc1)c1ccccc1-c1cc2ccc1-2)c1ccccc1.FC(F)(F)Oc1ccc2nnccc2c1. The molecule has 3 nitrogen and oxygen atoms in total. The topological polar surface area (TPSA) is 35.0 Å². The van der Waals surface area contributed by atoms with Gasteiger partial charge in [0, 0.05) is 5.39 Å². The Morgan fingerprint density at radius 2 is 1.39 bits per heavy atom. The average molecular weight is 545 g/mol. The molecule has 0 unspecified atom stereocenters. The van der Waals surface area contributed by atoms with Gasteiger partial charge in [0.25, 0.3) is 0 Å². The van der Waals surface area contributed by atoms with Crippen LogP contribution in [0.2, 0.25) is 0 Å². The molecule has 0 atom stereocenters. The van der Waals surface area contributed by atoms with E-state index < -0.39 is 6.36 Å². The molecule has 41 heavy (non-hydrogen) atoms. The number of benzene rings is 5. The normalized spacial score (nSPS) is 11.9. The summed E-state index contributed by atoms with van der Waals surface area (Å²) in [6, 6.07) is 42.1. The van der Waals surface area contributed by atoms with Gasteiger partial charge in [-0.3, -0.25) is 0 Å². The van der Waals surface area contributed by atoms with Gasteiger partial charge in [-0.05, 0) is 80.9 Å². The molecular formula is C35H23F3N2O. The number of ether oxygens (including phenoxy) is 1. The quantitative estimate of drug-likeness (QED) is 0.203. The van der Waals surface area contributed by atoms with Gasteiger partial charge in [-0.1, -0.05) is 97.1 Å². The summed E-state index contributed by atoms with van der Waals surface area (Å²) in [4.78, 5) is 0. The molecule has 0 fully saturated rings. The Morgan fingerprint density at radius 3 is 2.07 bits per heavy atom. The molecule has 2 aliphatic rings. The van der Waals surface area contributed by atoms with Gasteiger partial charge < -0.3 is 4.74 Å². The van der Waals surface area contributed by atoms with Gasteiger partial charge in [-0.2, -0.15) is 10.2 Å². The van der Waals surface area contributed by atoms with Crippen LogP contribution in [0.3, 0.4) is 0 Å². The summed E-state index contributed by atoms with van der Waals surface area (Å²) in [5.74, 6) is -0.261. The summed E-state index contributed by atoms with van der Waals surface area (Å²) >= 11 is 0. The molecule has 0 bridgehead atoms. The molecule has 6 heteroatoms. The van der Waals surface area contributed by atoms with E-state index in [0.29, 0.717) is 10.9 Å². The molecule has 0 saturated carbocycles. The number of aromatic nitrogens is 2. The standard InChI is InChI=1S/C26H18.C9H5F3N2O/c1-3-9-19(10-4-1)17-25(20-11-5-2-6-12-20)23-13-7-8-14-24(23)26-18-21-15-16-22(21)26;10-9(11,12)15-7-1-2-8-6(5-7)3-4-13-14-8/h1-18H;1-5H. The summed E-state index contributed by atoms with van der Waals surface area (Å²) in [6.45, 7) is 0. The second-order valence-electron chi connectivity index (χ2n) is 9.44. The summed E-state index contributed by atoms with van der Waals surface area (Å²) in [6.07, 6.45) is -0.979. The second-order valence-corrected chi connectivity index (χ2v) is 9.44. The van der Waals surface area contributed by atoms with Crippen molar-refractivity contribution >= 4 is 22.6 Å². The van der Waals surface area contributed by atoms with Gasteiger partial charge in [-0.25, -0.2) is 0 Å². The molecule has 0 amide bonds. The Morgan fingerprint density at radius 1 is 0.659 bits per heavy atom. The number of hydrogen-bond acceptors (Lipinski definition) is 3. The van der Waals surface area contributed by atoms with Crippen LogP contribution < -0.4 is 4.74 Å². The highest BCUT2D eigenvalue weighted by molar-refractivity contribution is 6.02. The molecule has 1 heterocycles. The lowest BCUT2D eigenvalue weighted by Crippen LogP contribution is -2.17. The summed E-state index contributed by atoms with van der Waals surface area (Å²) in [5, 5.41) is 7.88. The van der Waals surface area contributed by atoms with Crippen LogP contribution in [0, 0.1) is 0 Å². The Bertz CT molecular complexity index is 1850. The van der Waals surface area contributed by atoms with E-state index in [9.17, 15) is 13.2 Å². The Labute approximate surface area is 235 Å². The van der Waals surface area contributed by atoms with Crippen LogP contribution >= 0.6 is 0 Å². The third-order valence-corrected chi connectivity index (χ3v) is 6.75. The third-order valence-electron chi connectivity index (χ3n) is 6.75. The van der Waals surface area contributed by atoms with E-state index in [2.05, 4.69) is 124 Å². The van der Waals surface area contributed by atoms with Crippen molar-refractivity contribution in [2.75, 3.05) is 0 Å². The fourth-order valence-corrected chi connectivity index (χ4v) is 4.78. The predicted octanol–water partition coefficient (Wildman–Crippen LogP) is 9.45. The molecule has 0 spiro atoms. The first-order valence-corrected chi connectivity index (χ1v) is 13.0. The molecule has 0 saturated heterocycles. The van der Waals surface area contributed by atoms with Crippen molar-refractivity contribution in [2.45, 2.75) is 6.36 Å². The Kier molecular flexibility index (Phi) is 7.04. The first-order chi connectivity index (χ1) is 19.9. The molecule has 5 aromatic rings. The van der Waals surface area contributed by atoms with Crippen LogP contribution in [0.25, 0.3) is 44.8 Å². The van der Waals surface area contributed by atoms with E-state index in [1.54, 1.807) is 6.07 Å². The van der Waals surface area contributed by atoms with Crippen molar-refractivity contribution in [2.24, 2.45) is 0 Å². The number of alkyl halides is 3. The maximum absolute atomic E-state index is 11.9. The zero-order valence-corrected chi connectivity index (χ0v) is 21.7. The van der Waals surface area contributed by atoms with Crippen LogP contribution in [-0.2, 0) is 0 Å². The van der Waals surface area contributed by atoms with Crippen LogP contribution in [0.15, 0.2) is 134 Å². The zero-order valence-electron chi connectivity index (χ0n) is 21.7. The van der Waals surface area contributed by atoms with E-state index >= 15 is 0 Å². The number of fused-ring (bicyclic) bond motifs is 2. The van der Waals surface area contributed by atoms with Crippen LogP contribution in [-0.4, -0.2) is 16.6 Å².